The van der Waals surface area contributed by atoms with Gasteiger partial charge in [0.25, 0.3) is 0 Å². The SMILES string of the molecule is O=C(c1ccc(I)c(Cl)c1)C1CCc2cccnc21. The van der Waals surface area contributed by atoms with Gasteiger partial charge in [0.15, 0.2) is 5.78 Å². The maximum atomic E-state index is 12.6. The molecule has 0 aliphatic heterocycles. The van der Waals surface area contributed by atoms with Crippen LogP contribution in [0.3, 0.4) is 0 Å². The van der Waals surface area contributed by atoms with E-state index >= 15 is 0 Å². The van der Waals surface area contributed by atoms with Crippen molar-refractivity contribution in [2.75, 3.05) is 0 Å². The lowest BCUT2D eigenvalue weighted by atomic mass is 9.95. The number of rotatable bonds is 2. The number of fused-ring (bicyclic) bond motifs is 1. The Bertz CT molecular complexity index is 656. The summed E-state index contributed by atoms with van der Waals surface area (Å²) >= 11 is 8.25. The van der Waals surface area contributed by atoms with Gasteiger partial charge in [-0.3, -0.25) is 9.78 Å². The van der Waals surface area contributed by atoms with Gasteiger partial charge in [0.1, 0.15) is 0 Å². The van der Waals surface area contributed by atoms with Crippen LogP contribution >= 0.6 is 34.2 Å². The van der Waals surface area contributed by atoms with Crippen LogP contribution in [0.15, 0.2) is 36.5 Å². The highest BCUT2D eigenvalue weighted by molar-refractivity contribution is 14.1. The van der Waals surface area contributed by atoms with Gasteiger partial charge in [-0.2, -0.15) is 0 Å². The molecule has 0 fully saturated rings. The first-order valence-corrected chi connectivity index (χ1v) is 7.55. The first-order valence-electron chi connectivity index (χ1n) is 6.10. The van der Waals surface area contributed by atoms with Crippen LogP contribution in [-0.4, -0.2) is 10.8 Å². The van der Waals surface area contributed by atoms with Gasteiger partial charge in [-0.1, -0.05) is 23.7 Å². The summed E-state index contributed by atoms with van der Waals surface area (Å²) in [5.41, 5.74) is 2.80. The van der Waals surface area contributed by atoms with E-state index < -0.39 is 0 Å². The Morgan fingerprint density at radius 2 is 2.21 bits per heavy atom. The van der Waals surface area contributed by atoms with Crippen LogP contribution < -0.4 is 0 Å². The number of pyridine rings is 1. The van der Waals surface area contributed by atoms with Crippen molar-refractivity contribution in [3.8, 4) is 0 Å². The minimum Gasteiger partial charge on any atom is -0.293 e. The largest absolute Gasteiger partial charge is 0.293 e. The Balaban J connectivity index is 1.95. The number of nitrogens with zero attached hydrogens (tertiary/aromatic N) is 1. The molecule has 1 aromatic heterocycles. The third kappa shape index (κ3) is 2.41. The highest BCUT2D eigenvalue weighted by Crippen LogP contribution is 2.34. The maximum absolute atomic E-state index is 12.6. The second-order valence-corrected chi connectivity index (χ2v) is 6.20. The molecule has 4 heteroatoms. The van der Waals surface area contributed by atoms with Gasteiger partial charge in [0, 0.05) is 15.3 Å². The van der Waals surface area contributed by atoms with Crippen LogP contribution in [0.1, 0.15) is 34.0 Å². The Morgan fingerprint density at radius 3 is 3.00 bits per heavy atom. The summed E-state index contributed by atoms with van der Waals surface area (Å²) in [6, 6.07) is 9.46. The van der Waals surface area contributed by atoms with Gasteiger partial charge in [-0.25, -0.2) is 0 Å². The van der Waals surface area contributed by atoms with E-state index in [0.717, 1.165) is 22.1 Å². The third-order valence-corrected chi connectivity index (χ3v) is 5.05. The van der Waals surface area contributed by atoms with E-state index in [1.54, 1.807) is 12.3 Å². The molecule has 1 atom stereocenters. The minimum atomic E-state index is -0.118. The fourth-order valence-corrected chi connectivity index (χ4v) is 3.03. The fraction of sp³-hybridized carbons (Fsp3) is 0.200. The molecular weight excluding hydrogens is 373 g/mol. The zero-order valence-corrected chi connectivity index (χ0v) is 13.0. The molecule has 1 aliphatic carbocycles. The van der Waals surface area contributed by atoms with Gasteiger partial charge in [0.2, 0.25) is 0 Å². The summed E-state index contributed by atoms with van der Waals surface area (Å²) < 4.78 is 0.959. The lowest BCUT2D eigenvalue weighted by Gasteiger charge is -2.10. The number of Topliss-reactive ketones (excluding diaryl/α,β-unsaturated/α-hetero) is 1. The van der Waals surface area contributed by atoms with Gasteiger partial charge in [-0.15, -0.1) is 0 Å². The van der Waals surface area contributed by atoms with Crippen LogP contribution in [0.4, 0.5) is 0 Å². The molecule has 1 aromatic carbocycles. The molecule has 0 bridgehead atoms. The van der Waals surface area contributed by atoms with Crippen molar-refractivity contribution in [3.63, 3.8) is 0 Å². The summed E-state index contributed by atoms with van der Waals surface area (Å²) in [7, 11) is 0. The molecule has 3 rings (SSSR count). The Kier molecular flexibility index (Phi) is 3.58. The quantitative estimate of drug-likeness (QED) is 0.573. The van der Waals surface area contributed by atoms with E-state index in [-0.39, 0.29) is 11.7 Å². The first-order chi connectivity index (χ1) is 9.16. The normalized spacial score (nSPS) is 17.3. The monoisotopic (exact) mass is 383 g/mol. The third-order valence-electron chi connectivity index (χ3n) is 3.48. The van der Waals surface area contributed by atoms with E-state index in [2.05, 4.69) is 33.6 Å². The maximum Gasteiger partial charge on any atom is 0.171 e. The lowest BCUT2D eigenvalue weighted by molar-refractivity contribution is 0.0958. The molecule has 0 spiro atoms. The van der Waals surface area contributed by atoms with Crippen molar-refractivity contribution in [3.05, 3.63) is 61.9 Å². The topological polar surface area (TPSA) is 30.0 Å². The van der Waals surface area contributed by atoms with E-state index in [1.165, 1.54) is 5.56 Å². The van der Waals surface area contributed by atoms with E-state index in [0.29, 0.717) is 10.6 Å². The average Bonchev–Trinajstić information content (AvgIpc) is 2.85. The van der Waals surface area contributed by atoms with Crippen LogP contribution in [0.25, 0.3) is 0 Å². The predicted molar refractivity (Wildman–Crippen MR) is 83.8 cm³/mol. The van der Waals surface area contributed by atoms with Gasteiger partial charge >= 0.3 is 0 Å². The van der Waals surface area contributed by atoms with Crippen LogP contribution in [0, 0.1) is 3.57 Å². The minimum absolute atomic E-state index is 0.118. The summed E-state index contributed by atoms with van der Waals surface area (Å²) in [5, 5.41) is 0.630. The van der Waals surface area contributed by atoms with E-state index in [1.807, 2.05) is 18.2 Å². The Labute approximate surface area is 130 Å². The number of ketones is 1. The first kappa shape index (κ1) is 13.1. The summed E-state index contributed by atoms with van der Waals surface area (Å²) in [6.45, 7) is 0. The number of hydrogen-bond acceptors (Lipinski definition) is 2. The zero-order valence-electron chi connectivity index (χ0n) is 10.1. The zero-order chi connectivity index (χ0) is 13.4. The standard InChI is InChI=1S/C15H11ClINO/c16-12-8-10(4-6-13(12)17)15(19)11-5-3-9-2-1-7-18-14(9)11/h1-2,4,6-8,11H,3,5H2. The molecule has 1 aliphatic rings. The Morgan fingerprint density at radius 1 is 1.37 bits per heavy atom. The highest BCUT2D eigenvalue weighted by atomic mass is 127. The van der Waals surface area contributed by atoms with Gasteiger partial charge < -0.3 is 0 Å². The van der Waals surface area contributed by atoms with Crippen molar-refractivity contribution in [2.45, 2.75) is 18.8 Å². The highest BCUT2D eigenvalue weighted by Gasteiger charge is 2.30. The van der Waals surface area contributed by atoms with Crippen molar-refractivity contribution >= 4 is 40.0 Å². The summed E-state index contributed by atoms with van der Waals surface area (Å²) in [5.74, 6) is 0.00285. The number of hydrogen-bond donors (Lipinski definition) is 0. The average molecular weight is 384 g/mol. The van der Waals surface area contributed by atoms with Crippen molar-refractivity contribution in [1.29, 1.82) is 0 Å². The summed E-state index contributed by atoms with van der Waals surface area (Å²) in [6.07, 6.45) is 3.53. The molecule has 1 unspecified atom stereocenters. The predicted octanol–water partition coefficient (Wildman–Crippen LogP) is 4.25. The molecule has 0 radical (unpaired) electrons. The number of benzene rings is 1. The molecule has 0 saturated heterocycles. The van der Waals surface area contributed by atoms with E-state index in [4.69, 9.17) is 11.6 Å². The fourth-order valence-electron chi connectivity index (χ4n) is 2.52. The molecule has 0 amide bonds. The van der Waals surface area contributed by atoms with E-state index in [9.17, 15) is 4.79 Å². The van der Waals surface area contributed by atoms with Crippen molar-refractivity contribution in [1.82, 2.24) is 4.98 Å². The molecule has 2 nitrogen and oxygen atoms in total. The molecule has 2 aromatic rings. The smallest absolute Gasteiger partial charge is 0.171 e. The molecule has 0 saturated carbocycles. The van der Waals surface area contributed by atoms with Crippen LogP contribution in [0.5, 0.6) is 0 Å². The molecule has 0 N–H and O–H groups in total. The van der Waals surface area contributed by atoms with Crippen molar-refractivity contribution < 1.29 is 4.79 Å². The van der Waals surface area contributed by atoms with Gasteiger partial charge in [0.05, 0.1) is 16.6 Å². The number of aromatic nitrogens is 1. The Hall–Kier alpha value is -0.940. The lowest BCUT2D eigenvalue weighted by Crippen LogP contribution is -2.11. The molecule has 19 heavy (non-hydrogen) atoms. The van der Waals surface area contributed by atoms with Crippen molar-refractivity contribution in [2.24, 2.45) is 0 Å². The van der Waals surface area contributed by atoms with Gasteiger partial charge in [-0.05, 0) is 59.2 Å². The second kappa shape index (κ2) is 5.21. The molecule has 96 valence electrons. The number of halogens is 2. The number of carbonyl (C=O) groups is 1. The van der Waals surface area contributed by atoms with Crippen LogP contribution in [0.2, 0.25) is 5.02 Å². The number of carbonyl (C=O) groups excluding carboxylic acids is 1. The summed E-state index contributed by atoms with van der Waals surface area (Å²) in [4.78, 5) is 16.9. The second-order valence-electron chi connectivity index (χ2n) is 4.63. The molecular formula is C15H11ClINO. The van der Waals surface area contributed by atoms with Crippen LogP contribution in [-0.2, 0) is 6.42 Å². The molecule has 1 heterocycles. The number of aryl methyl sites for hydroxylation is 1.